The molecular weight excluding hydrogens is 438 g/mol. The molecule has 8 heteroatoms. The van der Waals surface area contributed by atoms with Crippen LogP contribution in [0.5, 0.6) is 0 Å². The van der Waals surface area contributed by atoms with Gasteiger partial charge in [0.05, 0.1) is 11.9 Å². The van der Waals surface area contributed by atoms with Crippen molar-refractivity contribution in [3.63, 3.8) is 0 Å². The number of nitrogens with zero attached hydrogens (tertiary/aromatic N) is 2. The fraction of sp³-hybridized carbons (Fsp3) is 0.440. The average Bonchev–Trinajstić information content (AvgIpc) is 2.76. The van der Waals surface area contributed by atoms with Crippen molar-refractivity contribution < 1.29 is 18.0 Å². The monoisotopic (exact) mass is 473 g/mol. The summed E-state index contributed by atoms with van der Waals surface area (Å²) in [6.07, 6.45) is 2.87. The van der Waals surface area contributed by atoms with Crippen LogP contribution < -0.4 is 9.62 Å². The first kappa shape index (κ1) is 26.4. The Bertz CT molecular complexity index is 1050. The Labute approximate surface area is 197 Å². The van der Waals surface area contributed by atoms with Gasteiger partial charge in [-0.25, -0.2) is 8.42 Å². The predicted octanol–water partition coefficient (Wildman–Crippen LogP) is 3.40. The van der Waals surface area contributed by atoms with Crippen molar-refractivity contribution in [3.8, 4) is 0 Å². The van der Waals surface area contributed by atoms with Crippen LogP contribution in [0.2, 0.25) is 0 Å². The molecular formula is C25H35N3O4S. The highest BCUT2D eigenvalue weighted by Crippen LogP contribution is 2.20. The molecule has 33 heavy (non-hydrogen) atoms. The zero-order valence-electron chi connectivity index (χ0n) is 20.2. The first-order chi connectivity index (χ1) is 15.5. The van der Waals surface area contributed by atoms with Gasteiger partial charge in [-0.1, -0.05) is 55.3 Å². The topological polar surface area (TPSA) is 86.8 Å². The number of anilines is 1. The molecule has 2 rings (SSSR count). The summed E-state index contributed by atoms with van der Waals surface area (Å²) in [6, 6.07) is 13.8. The van der Waals surface area contributed by atoms with Gasteiger partial charge in [-0.2, -0.15) is 0 Å². The number of benzene rings is 2. The van der Waals surface area contributed by atoms with Crippen molar-refractivity contribution in [1.29, 1.82) is 0 Å². The molecule has 0 aliphatic heterocycles. The van der Waals surface area contributed by atoms with Crippen LogP contribution in [0.25, 0.3) is 0 Å². The Kier molecular flexibility index (Phi) is 9.46. The second-order valence-corrected chi connectivity index (χ2v) is 10.3. The van der Waals surface area contributed by atoms with Crippen molar-refractivity contribution >= 4 is 27.5 Å². The van der Waals surface area contributed by atoms with E-state index in [1.165, 1.54) is 4.90 Å². The summed E-state index contributed by atoms with van der Waals surface area (Å²) < 4.78 is 26.2. The largest absolute Gasteiger partial charge is 0.354 e. The minimum Gasteiger partial charge on any atom is -0.354 e. The van der Waals surface area contributed by atoms with E-state index in [0.29, 0.717) is 12.2 Å². The molecule has 0 heterocycles. The first-order valence-electron chi connectivity index (χ1n) is 11.2. The van der Waals surface area contributed by atoms with Gasteiger partial charge in [0.15, 0.2) is 0 Å². The number of rotatable bonds is 11. The lowest BCUT2D eigenvalue weighted by Gasteiger charge is -2.32. The molecule has 0 saturated carbocycles. The van der Waals surface area contributed by atoms with E-state index in [9.17, 15) is 18.0 Å². The Morgan fingerprint density at radius 2 is 1.67 bits per heavy atom. The second-order valence-electron chi connectivity index (χ2n) is 8.37. The molecule has 2 amide bonds. The molecule has 1 N–H and O–H groups in total. The summed E-state index contributed by atoms with van der Waals surface area (Å²) >= 11 is 0. The smallest absolute Gasteiger partial charge is 0.244 e. The number of aryl methyl sites for hydroxylation is 2. The SMILES string of the molecule is CCCCNC(=O)[C@@H](C)N(Cc1ccccc1C)C(=O)CN(c1ccc(C)cc1)S(C)(=O)=O. The van der Waals surface area contributed by atoms with Crippen LogP contribution in [0.3, 0.4) is 0 Å². The number of hydrogen-bond acceptors (Lipinski definition) is 4. The standard InChI is InChI=1S/C25H35N3O4S/c1-6-7-16-26-25(30)21(4)27(17-22-11-9-8-10-20(22)3)24(29)18-28(33(5,31)32)23-14-12-19(2)13-15-23/h8-15,21H,6-7,16-18H2,1-5H3,(H,26,30)/t21-/m1/s1. The van der Waals surface area contributed by atoms with Crippen LogP contribution in [0.4, 0.5) is 5.69 Å². The number of amides is 2. The second kappa shape index (κ2) is 11.8. The molecule has 7 nitrogen and oxygen atoms in total. The third kappa shape index (κ3) is 7.60. The van der Waals surface area contributed by atoms with Crippen LogP contribution >= 0.6 is 0 Å². The molecule has 0 radical (unpaired) electrons. The van der Waals surface area contributed by atoms with Crippen LogP contribution in [0.15, 0.2) is 48.5 Å². The molecule has 180 valence electrons. The molecule has 0 aromatic heterocycles. The third-order valence-electron chi connectivity index (χ3n) is 5.60. The van der Waals surface area contributed by atoms with Gasteiger partial charge in [-0.05, 0) is 50.5 Å². The van der Waals surface area contributed by atoms with Crippen LogP contribution in [0, 0.1) is 13.8 Å². The van der Waals surface area contributed by atoms with E-state index in [1.807, 2.05) is 45.0 Å². The molecule has 0 fully saturated rings. The van der Waals surface area contributed by atoms with Crippen LogP contribution in [-0.2, 0) is 26.2 Å². The summed E-state index contributed by atoms with van der Waals surface area (Å²) in [7, 11) is -3.72. The molecule has 0 saturated heterocycles. The van der Waals surface area contributed by atoms with Gasteiger partial charge in [0.25, 0.3) is 0 Å². The Hall–Kier alpha value is -2.87. The molecule has 2 aromatic rings. The van der Waals surface area contributed by atoms with Crippen molar-refractivity contribution in [2.24, 2.45) is 0 Å². The number of carbonyl (C=O) groups is 2. The lowest BCUT2D eigenvalue weighted by atomic mass is 10.1. The quantitative estimate of drug-likeness (QED) is 0.507. The Morgan fingerprint density at radius 1 is 1.03 bits per heavy atom. The van der Waals surface area contributed by atoms with E-state index in [4.69, 9.17) is 0 Å². The first-order valence-corrected chi connectivity index (χ1v) is 13.1. The van der Waals surface area contributed by atoms with Crippen molar-refractivity contribution in [2.45, 2.75) is 53.1 Å². The summed E-state index contributed by atoms with van der Waals surface area (Å²) in [4.78, 5) is 27.7. The van der Waals surface area contributed by atoms with E-state index >= 15 is 0 Å². The lowest BCUT2D eigenvalue weighted by molar-refractivity contribution is -0.139. The summed E-state index contributed by atoms with van der Waals surface area (Å²) in [5.74, 6) is -0.700. The Balaban J connectivity index is 2.35. The molecule has 2 aromatic carbocycles. The highest BCUT2D eigenvalue weighted by atomic mass is 32.2. The molecule has 0 bridgehead atoms. The fourth-order valence-electron chi connectivity index (χ4n) is 3.41. The van der Waals surface area contributed by atoms with Gasteiger partial charge in [0.2, 0.25) is 21.8 Å². The van der Waals surface area contributed by atoms with Gasteiger partial charge in [-0.15, -0.1) is 0 Å². The van der Waals surface area contributed by atoms with Gasteiger partial charge in [0.1, 0.15) is 12.6 Å². The molecule has 0 unspecified atom stereocenters. The summed E-state index contributed by atoms with van der Waals surface area (Å²) in [5, 5.41) is 2.88. The number of carbonyl (C=O) groups excluding carboxylic acids is 2. The van der Waals surface area contributed by atoms with Crippen LogP contribution in [0.1, 0.15) is 43.4 Å². The average molecular weight is 474 g/mol. The lowest BCUT2D eigenvalue weighted by Crippen LogP contribution is -2.51. The number of sulfonamides is 1. The number of nitrogens with one attached hydrogen (secondary N) is 1. The number of unbranched alkanes of at least 4 members (excludes halogenated alkanes) is 1. The molecule has 0 aliphatic carbocycles. The molecule has 1 atom stereocenters. The maximum Gasteiger partial charge on any atom is 0.244 e. The van der Waals surface area contributed by atoms with Gasteiger partial charge < -0.3 is 10.2 Å². The highest BCUT2D eigenvalue weighted by molar-refractivity contribution is 7.92. The third-order valence-corrected chi connectivity index (χ3v) is 6.74. The molecule has 0 aliphatic rings. The van der Waals surface area contributed by atoms with Gasteiger partial charge in [-0.3, -0.25) is 13.9 Å². The van der Waals surface area contributed by atoms with Crippen LogP contribution in [-0.4, -0.2) is 50.5 Å². The van der Waals surface area contributed by atoms with Crippen molar-refractivity contribution in [2.75, 3.05) is 23.7 Å². The minimum absolute atomic E-state index is 0.208. The van der Waals surface area contributed by atoms with E-state index in [1.54, 1.807) is 31.2 Å². The number of hydrogen-bond donors (Lipinski definition) is 1. The highest BCUT2D eigenvalue weighted by Gasteiger charge is 2.30. The van der Waals surface area contributed by atoms with E-state index in [2.05, 4.69) is 5.32 Å². The minimum atomic E-state index is -3.72. The zero-order chi connectivity index (χ0) is 24.6. The predicted molar refractivity (Wildman–Crippen MR) is 132 cm³/mol. The fourth-order valence-corrected chi connectivity index (χ4v) is 4.26. The molecule has 0 spiro atoms. The van der Waals surface area contributed by atoms with E-state index in [0.717, 1.165) is 40.1 Å². The zero-order valence-corrected chi connectivity index (χ0v) is 21.0. The van der Waals surface area contributed by atoms with E-state index < -0.39 is 22.0 Å². The van der Waals surface area contributed by atoms with Gasteiger partial charge >= 0.3 is 0 Å². The normalized spacial score (nSPS) is 12.2. The summed E-state index contributed by atoms with van der Waals surface area (Å²) in [6.45, 7) is 7.91. The van der Waals surface area contributed by atoms with E-state index in [-0.39, 0.29) is 19.0 Å². The maximum absolute atomic E-state index is 13.5. The summed E-state index contributed by atoms with van der Waals surface area (Å²) in [5.41, 5.74) is 3.29. The Morgan fingerprint density at radius 3 is 2.24 bits per heavy atom. The maximum atomic E-state index is 13.5. The van der Waals surface area contributed by atoms with Gasteiger partial charge in [0, 0.05) is 13.1 Å². The van der Waals surface area contributed by atoms with Crippen molar-refractivity contribution in [3.05, 3.63) is 65.2 Å². The van der Waals surface area contributed by atoms with Crippen molar-refractivity contribution in [1.82, 2.24) is 10.2 Å².